The van der Waals surface area contributed by atoms with Crippen LogP contribution in [0.15, 0.2) is 47.2 Å². The van der Waals surface area contributed by atoms with E-state index < -0.39 is 11.7 Å². The highest BCUT2D eigenvalue weighted by atomic mass is 16.6. The number of oxazole rings is 1. The van der Waals surface area contributed by atoms with Crippen molar-refractivity contribution in [1.82, 2.24) is 20.6 Å². The predicted molar refractivity (Wildman–Crippen MR) is 182 cm³/mol. The Kier molecular flexibility index (Phi) is 10.4. The summed E-state index contributed by atoms with van der Waals surface area (Å²) in [4.78, 5) is 35.7. The molecule has 1 atom stereocenters. The van der Waals surface area contributed by atoms with Gasteiger partial charge in [0, 0.05) is 29.6 Å². The highest BCUT2D eigenvalue weighted by Crippen LogP contribution is 2.43. The normalized spacial score (nSPS) is 23.6. The van der Waals surface area contributed by atoms with Crippen molar-refractivity contribution in [2.24, 2.45) is 11.8 Å². The van der Waals surface area contributed by atoms with E-state index in [9.17, 15) is 14.7 Å². The molecule has 0 bridgehead atoms. The molecule has 1 aromatic carbocycles. The molecule has 3 N–H and O–H groups in total. The Morgan fingerprint density at radius 3 is 2.40 bits per heavy atom. The van der Waals surface area contributed by atoms with E-state index in [1.54, 1.807) is 27.2 Å². The summed E-state index contributed by atoms with van der Waals surface area (Å²) in [5.41, 5.74) is 4.01. The number of hydrogen-bond donors (Lipinski definition) is 3. The molecule has 0 aliphatic heterocycles. The minimum absolute atomic E-state index is 0.0422. The van der Waals surface area contributed by atoms with E-state index >= 15 is 0 Å². The van der Waals surface area contributed by atoms with E-state index in [1.165, 1.54) is 5.56 Å². The van der Waals surface area contributed by atoms with Gasteiger partial charge in [0.15, 0.2) is 5.89 Å². The standard InChI is InChI=1S/C38H50N4O6/c1-23-19-28(13-16-33(23)46-4)24-5-7-25(8-6-24)34(31-20-29(17-18-39-31)32-21-47-36(41-32)27-9-10-27)42-35(43)26-11-14-30(15-12-26)40-37(44)48-22-38(2,3)45/h13,16-21,24-27,30,34,45H,5-12,14-15,22H2,1-4H3,(H,40,44)(H,42,43). The van der Waals surface area contributed by atoms with Gasteiger partial charge in [-0.25, -0.2) is 9.78 Å². The molecule has 0 spiro atoms. The van der Waals surface area contributed by atoms with Crippen LogP contribution in [-0.2, 0) is 9.53 Å². The van der Waals surface area contributed by atoms with E-state index in [-0.39, 0.29) is 36.4 Å². The zero-order valence-electron chi connectivity index (χ0n) is 28.7. The van der Waals surface area contributed by atoms with Gasteiger partial charge in [-0.2, -0.15) is 0 Å². The molecule has 3 aliphatic rings. The van der Waals surface area contributed by atoms with Crippen LogP contribution in [0.2, 0.25) is 0 Å². The van der Waals surface area contributed by atoms with Gasteiger partial charge in [0.25, 0.3) is 0 Å². The average molecular weight is 659 g/mol. The number of nitrogens with one attached hydrogen (secondary N) is 2. The summed E-state index contributed by atoms with van der Waals surface area (Å²) in [5, 5.41) is 16.2. The Balaban J connectivity index is 1.13. The van der Waals surface area contributed by atoms with Crippen molar-refractivity contribution in [1.29, 1.82) is 0 Å². The molecule has 3 aliphatic carbocycles. The number of carbonyl (C=O) groups excluding carboxylic acids is 2. The second-order valence-electron chi connectivity index (χ2n) is 14.7. The van der Waals surface area contributed by atoms with E-state index in [2.05, 4.69) is 41.8 Å². The van der Waals surface area contributed by atoms with Crippen LogP contribution in [0.5, 0.6) is 5.75 Å². The van der Waals surface area contributed by atoms with Gasteiger partial charge in [-0.05, 0) is 126 Å². The van der Waals surface area contributed by atoms with Gasteiger partial charge in [-0.15, -0.1) is 0 Å². The fourth-order valence-electron chi connectivity index (χ4n) is 7.31. The first kappa shape index (κ1) is 34.0. The molecule has 10 heteroatoms. The number of hydrogen-bond acceptors (Lipinski definition) is 8. The van der Waals surface area contributed by atoms with Gasteiger partial charge in [0.1, 0.15) is 24.3 Å². The lowest BCUT2D eigenvalue weighted by Crippen LogP contribution is -2.43. The fraction of sp³-hybridized carbons (Fsp3) is 0.579. The number of alkyl carbamates (subject to hydrolysis) is 1. The number of nitrogens with zero attached hydrogens (tertiary/aromatic N) is 2. The minimum Gasteiger partial charge on any atom is -0.496 e. The smallest absolute Gasteiger partial charge is 0.407 e. The summed E-state index contributed by atoms with van der Waals surface area (Å²) < 4.78 is 16.4. The van der Waals surface area contributed by atoms with E-state index in [1.807, 2.05) is 12.3 Å². The molecule has 10 nitrogen and oxygen atoms in total. The van der Waals surface area contributed by atoms with Gasteiger partial charge >= 0.3 is 6.09 Å². The van der Waals surface area contributed by atoms with Gasteiger partial charge < -0.3 is 29.6 Å². The van der Waals surface area contributed by atoms with Crippen LogP contribution in [0.3, 0.4) is 0 Å². The third-order valence-corrected chi connectivity index (χ3v) is 10.3. The third kappa shape index (κ3) is 8.56. The number of amides is 2. The van der Waals surface area contributed by atoms with Crippen LogP contribution in [-0.4, -0.2) is 52.4 Å². The van der Waals surface area contributed by atoms with Crippen molar-refractivity contribution in [3.63, 3.8) is 0 Å². The molecule has 2 amide bonds. The first-order valence-electron chi connectivity index (χ1n) is 17.6. The molecule has 0 radical (unpaired) electrons. The highest BCUT2D eigenvalue weighted by Gasteiger charge is 2.35. The number of ether oxygens (including phenoxy) is 2. The van der Waals surface area contributed by atoms with Crippen molar-refractivity contribution < 1.29 is 28.6 Å². The van der Waals surface area contributed by atoms with Crippen molar-refractivity contribution in [2.45, 2.75) is 114 Å². The van der Waals surface area contributed by atoms with E-state index in [0.29, 0.717) is 37.5 Å². The lowest BCUT2D eigenvalue weighted by Gasteiger charge is -2.36. The number of aryl methyl sites for hydroxylation is 1. The molecule has 1 unspecified atom stereocenters. The number of aliphatic hydroxyl groups is 1. The molecular weight excluding hydrogens is 608 g/mol. The highest BCUT2D eigenvalue weighted by molar-refractivity contribution is 5.79. The molecule has 2 aromatic heterocycles. The Morgan fingerprint density at radius 1 is 1.00 bits per heavy atom. The molecule has 3 saturated carbocycles. The molecule has 3 aromatic rings. The second-order valence-corrected chi connectivity index (χ2v) is 14.7. The van der Waals surface area contributed by atoms with Crippen molar-refractivity contribution >= 4 is 12.0 Å². The zero-order valence-corrected chi connectivity index (χ0v) is 28.7. The molecule has 6 rings (SSSR count). The first-order chi connectivity index (χ1) is 23.1. The molecule has 0 saturated heterocycles. The summed E-state index contributed by atoms with van der Waals surface area (Å²) in [6.07, 6.45) is 12.0. The summed E-state index contributed by atoms with van der Waals surface area (Å²) in [7, 11) is 1.71. The number of benzene rings is 1. The summed E-state index contributed by atoms with van der Waals surface area (Å²) in [6, 6.07) is 10.2. The largest absolute Gasteiger partial charge is 0.496 e. The summed E-state index contributed by atoms with van der Waals surface area (Å²) in [5.74, 6) is 2.76. The Hall–Kier alpha value is -3.92. The SMILES string of the molecule is COc1ccc(C2CCC(C(NC(=O)C3CCC(NC(=O)OCC(C)(C)O)CC3)c3cc(-c4coc(C5CC5)n4)ccn3)CC2)cc1C. The van der Waals surface area contributed by atoms with Crippen molar-refractivity contribution in [2.75, 3.05) is 13.7 Å². The summed E-state index contributed by atoms with van der Waals surface area (Å²) >= 11 is 0. The fourth-order valence-corrected chi connectivity index (χ4v) is 7.31. The lowest BCUT2D eigenvalue weighted by atomic mass is 9.74. The number of pyridine rings is 1. The quantitative estimate of drug-likeness (QED) is 0.198. The molecule has 3 fully saturated rings. The molecule has 2 heterocycles. The Bertz CT molecular complexity index is 1560. The second kappa shape index (κ2) is 14.7. The van der Waals surface area contributed by atoms with Gasteiger partial charge in [0.05, 0.1) is 24.4 Å². The predicted octanol–water partition coefficient (Wildman–Crippen LogP) is 7.12. The first-order valence-corrected chi connectivity index (χ1v) is 17.6. The van der Waals surface area contributed by atoms with Crippen LogP contribution < -0.4 is 15.4 Å². The average Bonchev–Trinajstić information content (AvgIpc) is 3.82. The van der Waals surface area contributed by atoms with E-state index in [4.69, 9.17) is 23.9 Å². The maximum atomic E-state index is 13.9. The van der Waals surface area contributed by atoms with E-state index in [0.717, 1.165) is 72.7 Å². The lowest BCUT2D eigenvalue weighted by molar-refractivity contribution is -0.127. The van der Waals surface area contributed by atoms with Crippen LogP contribution in [0.1, 0.15) is 119 Å². The Labute approximate surface area is 283 Å². The molecule has 258 valence electrons. The number of aromatic nitrogens is 2. The third-order valence-electron chi connectivity index (χ3n) is 10.3. The number of methoxy groups -OCH3 is 1. The van der Waals surface area contributed by atoms with Gasteiger partial charge in [0.2, 0.25) is 5.91 Å². The monoisotopic (exact) mass is 658 g/mol. The maximum absolute atomic E-state index is 13.9. The van der Waals surface area contributed by atoms with Crippen molar-refractivity contribution in [3.8, 4) is 17.0 Å². The molecule has 48 heavy (non-hydrogen) atoms. The summed E-state index contributed by atoms with van der Waals surface area (Å²) in [6.45, 7) is 5.20. The van der Waals surface area contributed by atoms with Gasteiger partial charge in [-0.1, -0.05) is 12.1 Å². The Morgan fingerprint density at radius 2 is 1.73 bits per heavy atom. The van der Waals surface area contributed by atoms with Crippen LogP contribution in [0.4, 0.5) is 4.79 Å². The van der Waals surface area contributed by atoms with Crippen LogP contribution in [0.25, 0.3) is 11.3 Å². The number of carbonyl (C=O) groups is 2. The van der Waals surface area contributed by atoms with Crippen molar-refractivity contribution in [3.05, 3.63) is 65.5 Å². The zero-order chi connectivity index (χ0) is 33.8. The topological polar surface area (TPSA) is 136 Å². The number of rotatable bonds is 11. The maximum Gasteiger partial charge on any atom is 0.407 e. The van der Waals surface area contributed by atoms with Crippen LogP contribution in [0, 0.1) is 18.8 Å². The van der Waals surface area contributed by atoms with Crippen LogP contribution >= 0.6 is 0 Å². The van der Waals surface area contributed by atoms with Gasteiger partial charge in [-0.3, -0.25) is 9.78 Å². The minimum atomic E-state index is -1.08. The molecular formula is C38H50N4O6.